The molecular formula is C44H67N5O4Si. The highest BCUT2D eigenvalue weighted by atomic mass is 28.4. The average Bonchev–Trinajstić information content (AvgIpc) is 3.65. The van der Waals surface area contributed by atoms with Gasteiger partial charge < -0.3 is 14.5 Å². The maximum absolute atomic E-state index is 13.0. The summed E-state index contributed by atoms with van der Waals surface area (Å²) >= 11 is 0. The standard InChI is InChI=1S/C44H67N5O4Si/c1-5-6-7-8-9-10-11-12-13-14-15-16-17-18-25-32-39(50)52-35-44(48-41-40(42(51)49-44)45-36-46-41)47-33-26-27-34-53-54(43(2,3)4,37-28-21-19-22-29-37)38-30-23-20-24-31-38/h19-24,28-31,36,47H,5-18,25-27,32-35H2,1-4H3,(H,49,51). The highest BCUT2D eigenvalue weighted by molar-refractivity contribution is 6.99. The number of carbonyl (C=O) groups excluding carboxylic acids is 2. The van der Waals surface area contributed by atoms with Gasteiger partial charge in [-0.3, -0.25) is 14.9 Å². The molecule has 1 unspecified atom stereocenters. The summed E-state index contributed by atoms with van der Waals surface area (Å²) in [5.41, 5.74) is 0.176. The van der Waals surface area contributed by atoms with Crippen molar-refractivity contribution in [2.75, 3.05) is 19.8 Å². The van der Waals surface area contributed by atoms with Gasteiger partial charge in [-0.25, -0.2) is 15.0 Å². The van der Waals surface area contributed by atoms with Crippen molar-refractivity contribution in [2.24, 2.45) is 15.0 Å². The predicted octanol–water partition coefficient (Wildman–Crippen LogP) is 8.40. The average molecular weight is 758 g/mol. The van der Waals surface area contributed by atoms with Crippen molar-refractivity contribution < 1.29 is 18.8 Å². The van der Waals surface area contributed by atoms with Crippen LogP contribution in [-0.4, -0.2) is 63.6 Å². The molecule has 2 heterocycles. The number of nitrogens with one attached hydrogen (secondary N) is 2. The fourth-order valence-electron chi connectivity index (χ4n) is 7.57. The fraction of sp³-hybridized carbons (Fsp3) is 0.614. The van der Waals surface area contributed by atoms with Gasteiger partial charge in [-0.15, -0.1) is 0 Å². The number of fused-ring (bicyclic) bond motifs is 1. The van der Waals surface area contributed by atoms with Crippen LogP contribution >= 0.6 is 0 Å². The lowest BCUT2D eigenvalue weighted by Crippen LogP contribution is -2.66. The molecule has 0 spiro atoms. The number of amidine groups is 1. The molecule has 0 aliphatic carbocycles. The lowest BCUT2D eigenvalue weighted by molar-refractivity contribution is -0.147. The monoisotopic (exact) mass is 757 g/mol. The van der Waals surface area contributed by atoms with E-state index < -0.39 is 20.0 Å². The summed E-state index contributed by atoms with van der Waals surface area (Å²) in [6.45, 7) is 10.1. The molecule has 296 valence electrons. The van der Waals surface area contributed by atoms with Crippen LogP contribution < -0.4 is 21.0 Å². The van der Waals surface area contributed by atoms with Gasteiger partial charge in [-0.1, -0.05) is 178 Å². The van der Waals surface area contributed by atoms with E-state index in [1.54, 1.807) is 0 Å². The van der Waals surface area contributed by atoms with Crippen LogP contribution in [0.3, 0.4) is 0 Å². The molecule has 1 atom stereocenters. The molecule has 2 aromatic rings. The van der Waals surface area contributed by atoms with Gasteiger partial charge in [0.1, 0.15) is 12.9 Å². The number of hydrogen-bond donors (Lipinski definition) is 2. The number of rotatable bonds is 27. The first-order valence-electron chi connectivity index (χ1n) is 20.9. The molecule has 2 N–H and O–H groups in total. The molecule has 0 saturated heterocycles. The third-order valence-corrected chi connectivity index (χ3v) is 15.6. The van der Waals surface area contributed by atoms with Crippen molar-refractivity contribution >= 4 is 48.5 Å². The van der Waals surface area contributed by atoms with Gasteiger partial charge in [0.15, 0.2) is 11.5 Å². The number of benzene rings is 2. The maximum Gasteiger partial charge on any atom is 0.305 e. The molecule has 1 amide bonds. The number of aliphatic imine (C=N–C) groups is 3. The highest BCUT2D eigenvalue weighted by Gasteiger charge is 2.50. The van der Waals surface area contributed by atoms with Crippen molar-refractivity contribution in [3.05, 3.63) is 60.7 Å². The Balaban J connectivity index is 1.20. The Kier molecular flexibility index (Phi) is 18.3. The zero-order valence-electron chi connectivity index (χ0n) is 33.7. The number of hydrogen-bond acceptors (Lipinski definition) is 8. The van der Waals surface area contributed by atoms with E-state index in [-0.39, 0.29) is 29.2 Å². The summed E-state index contributed by atoms with van der Waals surface area (Å²) in [5.74, 6) is -1.73. The summed E-state index contributed by atoms with van der Waals surface area (Å²) in [5, 5.41) is 8.69. The molecule has 0 fully saturated rings. The summed E-state index contributed by atoms with van der Waals surface area (Å²) < 4.78 is 12.8. The van der Waals surface area contributed by atoms with E-state index in [2.05, 4.69) is 114 Å². The van der Waals surface area contributed by atoms with E-state index in [0.717, 1.165) is 32.1 Å². The van der Waals surface area contributed by atoms with Crippen LogP contribution in [0.15, 0.2) is 75.6 Å². The molecule has 10 heteroatoms. The molecule has 2 aliphatic heterocycles. The van der Waals surface area contributed by atoms with Crippen LogP contribution in [0.5, 0.6) is 0 Å². The molecule has 2 aliphatic rings. The highest BCUT2D eigenvalue weighted by Crippen LogP contribution is 2.36. The topological polar surface area (TPSA) is 114 Å². The van der Waals surface area contributed by atoms with Crippen molar-refractivity contribution in [1.29, 1.82) is 0 Å². The first-order chi connectivity index (χ1) is 26.2. The predicted molar refractivity (Wildman–Crippen MR) is 226 cm³/mol. The zero-order chi connectivity index (χ0) is 38.5. The Morgan fingerprint density at radius 2 is 1.30 bits per heavy atom. The van der Waals surface area contributed by atoms with E-state index in [4.69, 9.17) is 9.16 Å². The smallest absolute Gasteiger partial charge is 0.305 e. The fourth-order valence-corrected chi connectivity index (χ4v) is 12.2. The Morgan fingerprint density at radius 1 is 0.759 bits per heavy atom. The Hall–Kier alpha value is -3.47. The second-order valence-electron chi connectivity index (χ2n) is 16.0. The largest absolute Gasteiger partial charge is 0.460 e. The SMILES string of the molecule is CCCCCCCCCCCCCCCCCC(=O)OCC1(NCCCCO[Si](c2ccccc2)(c2ccccc2)C(C)(C)C)N=C2N=CN=C2C(=O)N1. The molecule has 0 bridgehead atoms. The number of amides is 1. The van der Waals surface area contributed by atoms with Crippen molar-refractivity contribution in [2.45, 2.75) is 154 Å². The summed E-state index contributed by atoms with van der Waals surface area (Å²) in [4.78, 5) is 38.7. The first-order valence-corrected chi connectivity index (χ1v) is 22.8. The number of nitrogens with zero attached hydrogens (tertiary/aromatic N) is 3. The van der Waals surface area contributed by atoms with E-state index in [0.29, 0.717) is 19.6 Å². The van der Waals surface area contributed by atoms with Crippen LogP contribution in [0, 0.1) is 0 Å². The lowest BCUT2D eigenvalue weighted by atomic mass is 10.0. The normalized spacial score (nSPS) is 16.9. The quantitative estimate of drug-likeness (QED) is 0.0540. The van der Waals surface area contributed by atoms with E-state index >= 15 is 0 Å². The Bertz CT molecular complexity index is 1470. The third kappa shape index (κ3) is 13.1. The molecule has 2 aromatic carbocycles. The van der Waals surface area contributed by atoms with E-state index in [1.165, 1.54) is 93.8 Å². The molecule has 54 heavy (non-hydrogen) atoms. The molecule has 4 rings (SSSR count). The van der Waals surface area contributed by atoms with Gasteiger partial charge in [0.05, 0.1) is 0 Å². The van der Waals surface area contributed by atoms with Gasteiger partial charge in [-0.2, -0.15) is 0 Å². The summed E-state index contributed by atoms with van der Waals surface area (Å²) in [6, 6.07) is 21.3. The molecule has 9 nitrogen and oxygen atoms in total. The van der Waals surface area contributed by atoms with Crippen LogP contribution in [0.25, 0.3) is 0 Å². The second-order valence-corrected chi connectivity index (χ2v) is 20.3. The minimum Gasteiger partial charge on any atom is -0.460 e. The van der Waals surface area contributed by atoms with Crippen LogP contribution in [0.4, 0.5) is 0 Å². The van der Waals surface area contributed by atoms with Gasteiger partial charge in [-0.05, 0) is 41.2 Å². The third-order valence-electron chi connectivity index (χ3n) is 10.6. The minimum absolute atomic E-state index is 0.0994. The Morgan fingerprint density at radius 3 is 1.83 bits per heavy atom. The number of ether oxygens (including phenoxy) is 1. The summed E-state index contributed by atoms with van der Waals surface area (Å²) in [7, 11) is -2.62. The van der Waals surface area contributed by atoms with E-state index in [1.807, 2.05) is 0 Å². The van der Waals surface area contributed by atoms with Gasteiger partial charge in [0.2, 0.25) is 5.79 Å². The van der Waals surface area contributed by atoms with Crippen LogP contribution in [0.1, 0.15) is 143 Å². The molecule has 0 radical (unpaired) electrons. The number of unbranched alkanes of at least 4 members (excludes halogenated alkanes) is 15. The molecule has 0 aromatic heterocycles. The Labute approximate surface area is 326 Å². The number of carbonyl (C=O) groups is 2. The van der Waals surface area contributed by atoms with Gasteiger partial charge >= 0.3 is 5.97 Å². The van der Waals surface area contributed by atoms with Crippen LogP contribution in [0.2, 0.25) is 5.04 Å². The van der Waals surface area contributed by atoms with Gasteiger partial charge in [0.25, 0.3) is 14.2 Å². The van der Waals surface area contributed by atoms with Crippen molar-refractivity contribution in [1.82, 2.24) is 10.6 Å². The lowest BCUT2D eigenvalue weighted by Gasteiger charge is -2.43. The first kappa shape index (κ1) is 43.3. The van der Waals surface area contributed by atoms with Crippen molar-refractivity contribution in [3.63, 3.8) is 0 Å². The minimum atomic E-state index is -2.62. The van der Waals surface area contributed by atoms with Gasteiger partial charge in [0, 0.05) is 13.0 Å². The number of esters is 1. The van der Waals surface area contributed by atoms with Crippen LogP contribution in [-0.2, 0) is 18.8 Å². The molecule has 0 saturated carbocycles. The van der Waals surface area contributed by atoms with E-state index in [9.17, 15) is 9.59 Å². The molecular weight excluding hydrogens is 691 g/mol. The second kappa shape index (κ2) is 22.8. The zero-order valence-corrected chi connectivity index (χ0v) is 34.7. The maximum atomic E-state index is 13.0. The summed E-state index contributed by atoms with van der Waals surface area (Å²) in [6.07, 6.45) is 22.3. The van der Waals surface area contributed by atoms with Crippen molar-refractivity contribution in [3.8, 4) is 0 Å².